The fraction of sp³-hybridized carbons (Fsp3) is 0.118. The first-order chi connectivity index (χ1) is 11.1. The molecule has 0 fully saturated rings. The number of carbonyl (C=O) groups is 1. The molecule has 0 aliphatic heterocycles. The number of esters is 1. The summed E-state index contributed by atoms with van der Waals surface area (Å²) in [5, 5.41) is 0.265. The molecule has 6 nitrogen and oxygen atoms in total. The van der Waals surface area contributed by atoms with E-state index in [9.17, 15) is 14.4 Å². The number of aromatic nitrogens is 2. The van der Waals surface area contributed by atoms with Gasteiger partial charge in [-0.15, -0.1) is 0 Å². The number of nitrogens with zero attached hydrogens (tertiary/aromatic N) is 1. The van der Waals surface area contributed by atoms with Crippen LogP contribution in [-0.2, 0) is 18.4 Å². The molecule has 116 valence electrons. The van der Waals surface area contributed by atoms with Gasteiger partial charge in [-0.25, -0.2) is 9.59 Å². The smallest absolute Gasteiger partial charge is 0.338 e. The summed E-state index contributed by atoms with van der Waals surface area (Å²) in [6.07, 6.45) is 0. The molecule has 1 N–H and O–H groups in total. The molecular formula is C17H14N2O4. The zero-order chi connectivity index (χ0) is 16.4. The first-order valence-corrected chi connectivity index (χ1v) is 7.00. The Morgan fingerprint density at radius 2 is 1.87 bits per heavy atom. The summed E-state index contributed by atoms with van der Waals surface area (Å²) in [5.74, 6) is -0.524. The number of benzene rings is 2. The number of fused-ring (bicyclic) bond motifs is 1. The third-order valence-electron chi connectivity index (χ3n) is 3.58. The number of aromatic amines is 1. The summed E-state index contributed by atoms with van der Waals surface area (Å²) >= 11 is 0. The molecule has 3 aromatic rings. The van der Waals surface area contributed by atoms with Crippen molar-refractivity contribution in [3.8, 4) is 0 Å². The Hall–Kier alpha value is -3.15. The number of aryl methyl sites for hydroxylation is 1. The monoisotopic (exact) mass is 310 g/mol. The van der Waals surface area contributed by atoms with E-state index in [0.29, 0.717) is 5.52 Å². The van der Waals surface area contributed by atoms with Gasteiger partial charge in [0.25, 0.3) is 5.56 Å². The van der Waals surface area contributed by atoms with Crippen LogP contribution in [0.1, 0.15) is 15.9 Å². The second-order valence-electron chi connectivity index (χ2n) is 5.11. The van der Waals surface area contributed by atoms with Crippen LogP contribution in [0.5, 0.6) is 0 Å². The average Bonchev–Trinajstić information content (AvgIpc) is 2.58. The lowest BCUT2D eigenvalue weighted by molar-refractivity contribution is 0.0473. The van der Waals surface area contributed by atoms with Gasteiger partial charge in [0.1, 0.15) is 6.61 Å². The topological polar surface area (TPSA) is 81.2 Å². The van der Waals surface area contributed by atoms with Crippen molar-refractivity contribution in [3.63, 3.8) is 0 Å². The van der Waals surface area contributed by atoms with Gasteiger partial charge < -0.3 is 4.74 Å². The van der Waals surface area contributed by atoms with E-state index in [4.69, 9.17) is 4.74 Å². The third-order valence-corrected chi connectivity index (χ3v) is 3.58. The second-order valence-corrected chi connectivity index (χ2v) is 5.11. The minimum Gasteiger partial charge on any atom is -0.457 e. The molecule has 6 heteroatoms. The zero-order valence-electron chi connectivity index (χ0n) is 12.4. The lowest BCUT2D eigenvalue weighted by Gasteiger charge is -2.07. The van der Waals surface area contributed by atoms with Gasteiger partial charge >= 0.3 is 11.7 Å². The first kappa shape index (κ1) is 14.8. The number of rotatable bonds is 3. The zero-order valence-corrected chi connectivity index (χ0v) is 12.4. The summed E-state index contributed by atoms with van der Waals surface area (Å²) < 4.78 is 6.55. The van der Waals surface area contributed by atoms with Crippen LogP contribution in [-0.4, -0.2) is 15.5 Å². The maximum atomic E-state index is 12.1. The van der Waals surface area contributed by atoms with Crippen LogP contribution in [0, 0.1) is 0 Å². The van der Waals surface area contributed by atoms with Gasteiger partial charge in [-0.05, 0) is 23.8 Å². The fourth-order valence-electron chi connectivity index (χ4n) is 2.30. The van der Waals surface area contributed by atoms with Gasteiger partial charge in [0.15, 0.2) is 0 Å². The SMILES string of the molecule is Cn1c(=O)[nH]c(=O)c2cc(C(=O)OCc3ccccc3)ccc21. The summed E-state index contributed by atoms with van der Waals surface area (Å²) in [5.41, 5.74) is 0.570. The van der Waals surface area contributed by atoms with Crippen molar-refractivity contribution < 1.29 is 9.53 Å². The maximum Gasteiger partial charge on any atom is 0.338 e. The van der Waals surface area contributed by atoms with Crippen molar-refractivity contribution in [2.45, 2.75) is 6.61 Å². The van der Waals surface area contributed by atoms with Crippen molar-refractivity contribution in [2.24, 2.45) is 7.05 Å². The normalized spacial score (nSPS) is 10.7. The van der Waals surface area contributed by atoms with Crippen LogP contribution >= 0.6 is 0 Å². The Balaban J connectivity index is 1.90. The van der Waals surface area contributed by atoms with Gasteiger partial charge in [-0.1, -0.05) is 30.3 Å². The number of ether oxygens (including phenoxy) is 1. The van der Waals surface area contributed by atoms with Crippen molar-refractivity contribution in [2.75, 3.05) is 0 Å². The van der Waals surface area contributed by atoms with E-state index in [-0.39, 0.29) is 17.6 Å². The van der Waals surface area contributed by atoms with Crippen molar-refractivity contribution in [3.05, 3.63) is 80.5 Å². The number of hydrogen-bond acceptors (Lipinski definition) is 4. The highest BCUT2D eigenvalue weighted by atomic mass is 16.5. The minimum atomic E-state index is -0.527. The molecule has 3 rings (SSSR count). The highest BCUT2D eigenvalue weighted by Gasteiger charge is 2.11. The largest absolute Gasteiger partial charge is 0.457 e. The van der Waals surface area contributed by atoms with Crippen LogP contribution in [0.25, 0.3) is 10.9 Å². The van der Waals surface area contributed by atoms with E-state index >= 15 is 0 Å². The molecule has 2 aromatic carbocycles. The van der Waals surface area contributed by atoms with E-state index < -0.39 is 17.2 Å². The Bertz CT molecular complexity index is 987. The molecule has 1 heterocycles. The van der Waals surface area contributed by atoms with Crippen LogP contribution in [0.15, 0.2) is 58.1 Å². The molecule has 23 heavy (non-hydrogen) atoms. The molecule has 0 bridgehead atoms. The Morgan fingerprint density at radius 3 is 2.61 bits per heavy atom. The van der Waals surface area contributed by atoms with E-state index in [1.54, 1.807) is 13.1 Å². The predicted molar refractivity (Wildman–Crippen MR) is 85.4 cm³/mol. The molecule has 0 saturated carbocycles. The van der Waals surface area contributed by atoms with Gasteiger partial charge in [0, 0.05) is 7.05 Å². The average molecular weight is 310 g/mol. The van der Waals surface area contributed by atoms with Crippen LogP contribution in [0.2, 0.25) is 0 Å². The molecule has 0 atom stereocenters. The molecule has 0 saturated heterocycles. The van der Waals surface area contributed by atoms with Crippen molar-refractivity contribution in [1.82, 2.24) is 9.55 Å². The Kier molecular flexibility index (Phi) is 3.80. The molecule has 0 amide bonds. The molecule has 0 unspecified atom stereocenters. The van der Waals surface area contributed by atoms with Crippen molar-refractivity contribution in [1.29, 1.82) is 0 Å². The summed E-state index contributed by atoms with van der Waals surface area (Å²) in [7, 11) is 1.55. The van der Waals surface area contributed by atoms with E-state index in [0.717, 1.165) is 5.56 Å². The lowest BCUT2D eigenvalue weighted by atomic mass is 10.1. The fourth-order valence-corrected chi connectivity index (χ4v) is 2.30. The first-order valence-electron chi connectivity index (χ1n) is 7.00. The maximum absolute atomic E-state index is 12.1. The van der Waals surface area contributed by atoms with Crippen LogP contribution in [0.3, 0.4) is 0 Å². The minimum absolute atomic E-state index is 0.154. The number of hydrogen-bond donors (Lipinski definition) is 1. The number of nitrogens with one attached hydrogen (secondary N) is 1. The second kappa shape index (κ2) is 5.92. The quantitative estimate of drug-likeness (QED) is 0.745. The molecule has 0 spiro atoms. The van der Waals surface area contributed by atoms with Gasteiger partial charge in [0.05, 0.1) is 16.5 Å². The molecule has 1 aromatic heterocycles. The number of carbonyl (C=O) groups excluding carboxylic acids is 1. The Morgan fingerprint density at radius 1 is 1.13 bits per heavy atom. The van der Waals surface area contributed by atoms with E-state index in [1.165, 1.54) is 16.7 Å². The van der Waals surface area contributed by atoms with Crippen molar-refractivity contribution >= 4 is 16.9 Å². The highest BCUT2D eigenvalue weighted by molar-refractivity contribution is 5.94. The van der Waals surface area contributed by atoms with Gasteiger partial charge in [-0.2, -0.15) is 0 Å². The molecule has 0 radical (unpaired) electrons. The highest BCUT2D eigenvalue weighted by Crippen LogP contribution is 2.12. The predicted octanol–water partition coefficient (Wildman–Crippen LogP) is 1.58. The van der Waals surface area contributed by atoms with Gasteiger partial charge in [0.2, 0.25) is 0 Å². The standard InChI is InChI=1S/C17H14N2O4/c1-19-14-8-7-12(9-13(14)15(20)18-17(19)22)16(21)23-10-11-5-3-2-4-6-11/h2-9H,10H2,1H3,(H,18,20,22). The van der Waals surface area contributed by atoms with Gasteiger partial charge in [-0.3, -0.25) is 14.3 Å². The Labute approximate surface area is 131 Å². The van der Waals surface area contributed by atoms with E-state index in [1.807, 2.05) is 30.3 Å². The van der Waals surface area contributed by atoms with Crippen LogP contribution in [0.4, 0.5) is 0 Å². The number of H-pyrrole nitrogens is 1. The van der Waals surface area contributed by atoms with E-state index in [2.05, 4.69) is 4.98 Å². The molecule has 0 aliphatic rings. The van der Waals surface area contributed by atoms with Crippen LogP contribution < -0.4 is 11.2 Å². The summed E-state index contributed by atoms with van der Waals surface area (Å²) in [6.45, 7) is 0.154. The summed E-state index contributed by atoms with van der Waals surface area (Å²) in [6, 6.07) is 13.8. The summed E-state index contributed by atoms with van der Waals surface area (Å²) in [4.78, 5) is 37.8. The molecule has 0 aliphatic carbocycles. The third kappa shape index (κ3) is 2.91. The molecular weight excluding hydrogens is 296 g/mol. The lowest BCUT2D eigenvalue weighted by Crippen LogP contribution is -2.28.